The van der Waals surface area contributed by atoms with Crippen LogP contribution in [-0.4, -0.2) is 9.97 Å². The van der Waals surface area contributed by atoms with Gasteiger partial charge in [0.2, 0.25) is 0 Å². The second kappa shape index (κ2) is 5.41. The number of benzene rings is 2. The van der Waals surface area contributed by atoms with Gasteiger partial charge >= 0.3 is 0 Å². The predicted octanol–water partition coefficient (Wildman–Crippen LogP) is 5.70. The smallest absolute Gasteiger partial charge is 0.164 e. The molecular weight excluding hydrogens is 334 g/mol. The highest BCUT2D eigenvalue weighted by Crippen LogP contribution is 2.33. The maximum absolute atomic E-state index is 14.2. The molecule has 2 nitrogen and oxygen atoms in total. The van der Waals surface area contributed by atoms with E-state index in [0.717, 1.165) is 0 Å². The van der Waals surface area contributed by atoms with Crippen molar-refractivity contribution in [2.75, 3.05) is 0 Å². The van der Waals surface area contributed by atoms with Crippen LogP contribution < -0.4 is 0 Å². The van der Waals surface area contributed by atoms with E-state index in [1.165, 1.54) is 0 Å². The van der Waals surface area contributed by atoms with Crippen LogP contribution in [-0.2, 0) is 0 Å². The van der Waals surface area contributed by atoms with Crippen molar-refractivity contribution in [1.29, 1.82) is 0 Å². The SMILES string of the molecule is Cc1cccc(-c2nc(Cl)c3cc(Cl)cc(Cl)c3n2)c1F. The largest absolute Gasteiger partial charge is 0.226 e. The Morgan fingerprint density at radius 2 is 1.81 bits per heavy atom. The van der Waals surface area contributed by atoms with Crippen LogP contribution in [0, 0.1) is 12.7 Å². The minimum Gasteiger partial charge on any atom is -0.226 e. The van der Waals surface area contributed by atoms with E-state index < -0.39 is 0 Å². The van der Waals surface area contributed by atoms with Gasteiger partial charge in [0.25, 0.3) is 0 Å². The normalized spacial score (nSPS) is 11.1. The van der Waals surface area contributed by atoms with Crippen LogP contribution in [0.15, 0.2) is 30.3 Å². The van der Waals surface area contributed by atoms with Crippen LogP contribution in [0.25, 0.3) is 22.3 Å². The lowest BCUT2D eigenvalue weighted by molar-refractivity contribution is 0.621. The first-order valence-corrected chi connectivity index (χ1v) is 7.18. The molecule has 3 aromatic rings. The molecule has 6 heteroatoms. The van der Waals surface area contributed by atoms with Gasteiger partial charge in [0, 0.05) is 10.4 Å². The molecule has 0 atom stereocenters. The molecule has 0 amide bonds. The predicted molar refractivity (Wildman–Crippen MR) is 84.7 cm³/mol. The molecule has 21 heavy (non-hydrogen) atoms. The van der Waals surface area contributed by atoms with Gasteiger partial charge in [-0.25, -0.2) is 14.4 Å². The molecule has 0 fully saturated rings. The standard InChI is InChI=1S/C15H8Cl3FN2/c1-7-3-2-4-9(12(7)19)15-20-13-10(14(18)21-15)5-8(16)6-11(13)17/h2-6H,1H3. The zero-order chi connectivity index (χ0) is 15.1. The van der Waals surface area contributed by atoms with E-state index in [4.69, 9.17) is 34.8 Å². The number of aryl methyl sites for hydroxylation is 1. The van der Waals surface area contributed by atoms with Crippen molar-refractivity contribution in [2.24, 2.45) is 0 Å². The number of halogens is 4. The maximum Gasteiger partial charge on any atom is 0.164 e. The van der Waals surface area contributed by atoms with Crippen molar-refractivity contribution < 1.29 is 4.39 Å². The summed E-state index contributed by atoms with van der Waals surface area (Å²) in [5, 5.41) is 1.50. The summed E-state index contributed by atoms with van der Waals surface area (Å²) in [6.45, 7) is 1.67. The highest BCUT2D eigenvalue weighted by Gasteiger charge is 2.15. The number of hydrogen-bond acceptors (Lipinski definition) is 2. The van der Waals surface area contributed by atoms with Crippen molar-refractivity contribution in [3.63, 3.8) is 0 Å². The minimum atomic E-state index is -0.377. The Kier molecular flexibility index (Phi) is 3.74. The molecule has 0 saturated carbocycles. The Morgan fingerprint density at radius 3 is 2.57 bits per heavy atom. The van der Waals surface area contributed by atoms with Gasteiger partial charge in [0.15, 0.2) is 5.82 Å². The average molecular weight is 342 g/mol. The molecule has 3 rings (SSSR count). The third-order valence-corrected chi connectivity index (χ3v) is 3.90. The van der Waals surface area contributed by atoms with Gasteiger partial charge in [-0.15, -0.1) is 0 Å². The first-order chi connectivity index (χ1) is 9.97. The lowest BCUT2D eigenvalue weighted by atomic mass is 10.1. The summed E-state index contributed by atoms with van der Waals surface area (Å²) >= 11 is 18.2. The molecule has 0 unspecified atom stereocenters. The molecule has 0 N–H and O–H groups in total. The molecule has 106 valence electrons. The minimum absolute atomic E-state index is 0.181. The fraction of sp³-hybridized carbons (Fsp3) is 0.0667. The molecule has 1 aromatic heterocycles. The van der Waals surface area contributed by atoms with E-state index in [9.17, 15) is 4.39 Å². The lowest BCUT2D eigenvalue weighted by Gasteiger charge is -2.08. The molecule has 0 radical (unpaired) electrons. The summed E-state index contributed by atoms with van der Waals surface area (Å²) in [6, 6.07) is 8.20. The Hall–Kier alpha value is -1.42. The van der Waals surface area contributed by atoms with Crippen LogP contribution in [0.4, 0.5) is 4.39 Å². The Morgan fingerprint density at radius 1 is 1.05 bits per heavy atom. The summed E-state index contributed by atoms with van der Waals surface area (Å²) in [5.41, 5.74) is 1.23. The van der Waals surface area contributed by atoms with Gasteiger partial charge in [-0.1, -0.05) is 46.9 Å². The highest BCUT2D eigenvalue weighted by atomic mass is 35.5. The van der Waals surface area contributed by atoms with Gasteiger partial charge in [-0.05, 0) is 30.7 Å². The third-order valence-electron chi connectivity index (χ3n) is 3.10. The van der Waals surface area contributed by atoms with Crippen molar-refractivity contribution in [2.45, 2.75) is 6.92 Å². The van der Waals surface area contributed by atoms with Crippen LogP contribution in [0.2, 0.25) is 15.2 Å². The average Bonchev–Trinajstić information content (AvgIpc) is 2.43. The highest BCUT2D eigenvalue weighted by molar-refractivity contribution is 6.41. The first kappa shape index (κ1) is 14.5. The molecule has 1 heterocycles. The fourth-order valence-corrected chi connectivity index (χ4v) is 2.82. The number of nitrogens with zero attached hydrogens (tertiary/aromatic N) is 2. The summed E-state index contributed by atoms with van der Waals surface area (Å²) < 4.78 is 14.2. The summed E-state index contributed by atoms with van der Waals surface area (Å²) in [5.74, 6) is -0.184. The quantitative estimate of drug-likeness (QED) is 0.530. The van der Waals surface area contributed by atoms with E-state index in [1.807, 2.05) is 0 Å². The van der Waals surface area contributed by atoms with Crippen molar-refractivity contribution >= 4 is 45.7 Å². The molecule has 0 spiro atoms. The Bertz CT molecular complexity index is 865. The van der Waals surface area contributed by atoms with E-state index in [-0.39, 0.29) is 22.4 Å². The molecular formula is C15H8Cl3FN2. The maximum atomic E-state index is 14.2. The van der Waals surface area contributed by atoms with E-state index >= 15 is 0 Å². The van der Waals surface area contributed by atoms with E-state index in [2.05, 4.69) is 9.97 Å². The molecule has 0 bridgehead atoms. The van der Waals surface area contributed by atoms with Crippen molar-refractivity contribution in [3.8, 4) is 11.4 Å². The fourth-order valence-electron chi connectivity index (χ4n) is 2.06. The van der Waals surface area contributed by atoms with Gasteiger partial charge in [-0.3, -0.25) is 0 Å². The second-order valence-electron chi connectivity index (χ2n) is 4.56. The number of fused-ring (bicyclic) bond motifs is 1. The molecule has 0 aliphatic carbocycles. The molecule has 0 aliphatic heterocycles. The number of hydrogen-bond donors (Lipinski definition) is 0. The second-order valence-corrected chi connectivity index (χ2v) is 5.76. The molecule has 0 aliphatic rings. The van der Waals surface area contributed by atoms with Gasteiger partial charge in [-0.2, -0.15) is 0 Å². The zero-order valence-electron chi connectivity index (χ0n) is 10.8. The molecule has 2 aromatic carbocycles. The van der Waals surface area contributed by atoms with E-state index in [1.54, 1.807) is 37.3 Å². The topological polar surface area (TPSA) is 25.8 Å². The van der Waals surface area contributed by atoms with Crippen molar-refractivity contribution in [1.82, 2.24) is 9.97 Å². The lowest BCUT2D eigenvalue weighted by Crippen LogP contribution is -1.96. The number of rotatable bonds is 1. The molecule has 0 saturated heterocycles. The van der Waals surface area contributed by atoms with Crippen LogP contribution in [0.3, 0.4) is 0 Å². The van der Waals surface area contributed by atoms with E-state index in [0.29, 0.717) is 26.5 Å². The van der Waals surface area contributed by atoms with Gasteiger partial charge in [0.05, 0.1) is 16.1 Å². The van der Waals surface area contributed by atoms with Crippen LogP contribution in [0.1, 0.15) is 5.56 Å². The number of aromatic nitrogens is 2. The van der Waals surface area contributed by atoms with Gasteiger partial charge < -0.3 is 0 Å². The zero-order valence-corrected chi connectivity index (χ0v) is 13.1. The monoisotopic (exact) mass is 340 g/mol. The summed E-state index contributed by atoms with van der Waals surface area (Å²) in [7, 11) is 0. The van der Waals surface area contributed by atoms with Crippen LogP contribution >= 0.6 is 34.8 Å². The Labute approximate surface area is 135 Å². The third kappa shape index (κ3) is 2.57. The summed E-state index contributed by atoms with van der Waals surface area (Å²) in [6.07, 6.45) is 0. The van der Waals surface area contributed by atoms with Crippen molar-refractivity contribution in [3.05, 3.63) is 56.9 Å². The Balaban J connectivity index is 2.33. The summed E-state index contributed by atoms with van der Waals surface area (Å²) in [4.78, 5) is 8.48. The first-order valence-electron chi connectivity index (χ1n) is 6.05. The van der Waals surface area contributed by atoms with Gasteiger partial charge in [0.1, 0.15) is 11.0 Å². The van der Waals surface area contributed by atoms with Crippen LogP contribution in [0.5, 0.6) is 0 Å².